The van der Waals surface area contributed by atoms with Crippen LogP contribution in [0.5, 0.6) is 5.75 Å². The highest BCUT2D eigenvalue weighted by molar-refractivity contribution is 6.31. The van der Waals surface area contributed by atoms with Crippen LogP contribution in [0.3, 0.4) is 0 Å². The SMILES string of the molecule is Cc1ccc(C)c(OCc2c(C(=O)Nc3cc(C)n(Cc4ccccc4Cl)n3)noc2C)c1. The molecule has 0 fully saturated rings. The van der Waals surface area contributed by atoms with Crippen molar-refractivity contribution >= 4 is 23.3 Å². The van der Waals surface area contributed by atoms with Crippen LogP contribution >= 0.6 is 11.6 Å². The summed E-state index contributed by atoms with van der Waals surface area (Å²) in [4.78, 5) is 13.0. The Labute approximate surface area is 197 Å². The number of hydrogen-bond donors (Lipinski definition) is 1. The molecular weight excluding hydrogens is 440 g/mol. The third kappa shape index (κ3) is 5.09. The number of amides is 1. The van der Waals surface area contributed by atoms with E-state index in [1.165, 1.54) is 0 Å². The van der Waals surface area contributed by atoms with Gasteiger partial charge >= 0.3 is 0 Å². The molecule has 0 atom stereocenters. The Hall–Kier alpha value is -3.58. The van der Waals surface area contributed by atoms with E-state index in [4.69, 9.17) is 20.9 Å². The molecule has 0 bridgehead atoms. The van der Waals surface area contributed by atoms with Gasteiger partial charge in [0.05, 0.1) is 12.1 Å². The molecule has 0 spiro atoms. The zero-order valence-corrected chi connectivity index (χ0v) is 19.7. The molecule has 0 radical (unpaired) electrons. The number of carbonyl (C=O) groups is 1. The van der Waals surface area contributed by atoms with Crippen molar-refractivity contribution in [3.05, 3.63) is 93.0 Å². The van der Waals surface area contributed by atoms with Gasteiger partial charge in [-0.2, -0.15) is 5.10 Å². The molecule has 170 valence electrons. The van der Waals surface area contributed by atoms with Crippen molar-refractivity contribution in [2.45, 2.75) is 40.8 Å². The van der Waals surface area contributed by atoms with Crippen molar-refractivity contribution in [2.24, 2.45) is 0 Å². The Balaban J connectivity index is 1.48. The number of anilines is 1. The van der Waals surface area contributed by atoms with Crippen molar-refractivity contribution in [3.63, 3.8) is 0 Å². The quantitative estimate of drug-likeness (QED) is 0.383. The lowest BCUT2D eigenvalue weighted by atomic mass is 10.1. The summed E-state index contributed by atoms with van der Waals surface area (Å²) in [5, 5.41) is 11.9. The molecule has 0 aliphatic carbocycles. The first-order chi connectivity index (χ1) is 15.8. The van der Waals surface area contributed by atoms with Crippen molar-refractivity contribution in [2.75, 3.05) is 5.32 Å². The largest absolute Gasteiger partial charge is 0.488 e. The van der Waals surface area contributed by atoms with Crippen LogP contribution < -0.4 is 10.1 Å². The molecule has 1 N–H and O–H groups in total. The van der Waals surface area contributed by atoms with Crippen LogP contribution in [0.4, 0.5) is 5.82 Å². The van der Waals surface area contributed by atoms with Gasteiger partial charge in [0.1, 0.15) is 18.1 Å². The van der Waals surface area contributed by atoms with E-state index in [9.17, 15) is 4.79 Å². The first kappa shape index (κ1) is 22.6. The molecule has 2 heterocycles. The number of nitrogens with one attached hydrogen (secondary N) is 1. The number of aryl methyl sites for hydroxylation is 4. The fourth-order valence-corrected chi connectivity index (χ4v) is 3.64. The van der Waals surface area contributed by atoms with Crippen molar-refractivity contribution in [1.82, 2.24) is 14.9 Å². The molecule has 2 aromatic carbocycles. The summed E-state index contributed by atoms with van der Waals surface area (Å²) in [5.74, 6) is 1.31. The minimum absolute atomic E-state index is 0.169. The minimum Gasteiger partial charge on any atom is -0.488 e. The maximum Gasteiger partial charge on any atom is 0.279 e. The van der Waals surface area contributed by atoms with Gasteiger partial charge in [-0.3, -0.25) is 9.48 Å². The van der Waals surface area contributed by atoms with E-state index in [2.05, 4.69) is 15.6 Å². The lowest BCUT2D eigenvalue weighted by Gasteiger charge is -2.10. The Morgan fingerprint density at radius 3 is 2.70 bits per heavy atom. The van der Waals surface area contributed by atoms with E-state index in [0.717, 1.165) is 28.1 Å². The van der Waals surface area contributed by atoms with E-state index in [1.54, 1.807) is 17.7 Å². The third-order valence-electron chi connectivity index (χ3n) is 5.42. The molecule has 0 unspecified atom stereocenters. The average molecular weight is 465 g/mol. The molecule has 1 amide bonds. The summed E-state index contributed by atoms with van der Waals surface area (Å²) >= 11 is 6.27. The van der Waals surface area contributed by atoms with Crippen molar-refractivity contribution < 1.29 is 14.1 Å². The Kier molecular flexibility index (Phi) is 6.51. The second-order valence-corrected chi connectivity index (χ2v) is 8.40. The standard InChI is InChI=1S/C25H25ClN4O3/c1-15-9-10-16(2)22(11-15)32-14-20-18(4)33-29-24(20)25(31)27-23-12-17(3)30(28-23)13-19-7-5-6-8-21(19)26/h5-12H,13-14H2,1-4H3,(H,27,28,31). The minimum atomic E-state index is -0.409. The smallest absolute Gasteiger partial charge is 0.279 e. The number of aromatic nitrogens is 3. The zero-order valence-electron chi connectivity index (χ0n) is 19.0. The second-order valence-electron chi connectivity index (χ2n) is 8.00. The van der Waals surface area contributed by atoms with Gasteiger partial charge in [0.15, 0.2) is 11.5 Å². The summed E-state index contributed by atoms with van der Waals surface area (Å²) in [5.41, 5.74) is 4.72. The van der Waals surface area contributed by atoms with Crippen LogP contribution in [-0.2, 0) is 13.2 Å². The van der Waals surface area contributed by atoms with Crippen LogP contribution in [0.25, 0.3) is 0 Å². The number of benzene rings is 2. The summed E-state index contributed by atoms with van der Waals surface area (Å²) < 4.78 is 13.0. The van der Waals surface area contributed by atoms with Crippen LogP contribution in [0.1, 0.15) is 44.2 Å². The third-order valence-corrected chi connectivity index (χ3v) is 5.78. The number of hydrogen-bond acceptors (Lipinski definition) is 5. The van der Waals surface area contributed by atoms with Crippen molar-refractivity contribution in [3.8, 4) is 5.75 Å². The maximum absolute atomic E-state index is 13.0. The van der Waals surface area contributed by atoms with Gasteiger partial charge < -0.3 is 14.6 Å². The molecule has 0 saturated carbocycles. The number of nitrogens with zero attached hydrogens (tertiary/aromatic N) is 3. The monoisotopic (exact) mass is 464 g/mol. The van der Waals surface area contributed by atoms with Crippen LogP contribution in [0, 0.1) is 27.7 Å². The molecule has 4 rings (SSSR count). The highest BCUT2D eigenvalue weighted by atomic mass is 35.5. The first-order valence-electron chi connectivity index (χ1n) is 10.6. The van der Waals surface area contributed by atoms with E-state index < -0.39 is 5.91 Å². The topological polar surface area (TPSA) is 82.2 Å². The normalized spacial score (nSPS) is 10.9. The summed E-state index contributed by atoms with van der Waals surface area (Å²) in [6, 6.07) is 15.4. The van der Waals surface area contributed by atoms with Crippen molar-refractivity contribution in [1.29, 1.82) is 0 Å². The molecule has 0 aliphatic heterocycles. The van der Waals surface area contributed by atoms with E-state index in [-0.39, 0.29) is 12.3 Å². The molecule has 33 heavy (non-hydrogen) atoms. The fourth-order valence-electron chi connectivity index (χ4n) is 3.45. The van der Waals surface area contributed by atoms with E-state index in [1.807, 2.05) is 63.2 Å². The van der Waals surface area contributed by atoms with Gasteiger partial charge in [0, 0.05) is 16.8 Å². The average Bonchev–Trinajstić information content (AvgIpc) is 3.32. The molecule has 7 nitrogen and oxygen atoms in total. The van der Waals surface area contributed by atoms with Crippen LogP contribution in [0.2, 0.25) is 5.02 Å². The van der Waals surface area contributed by atoms with Gasteiger partial charge in [-0.1, -0.05) is 47.1 Å². The lowest BCUT2D eigenvalue weighted by Crippen LogP contribution is -2.16. The number of carbonyl (C=O) groups excluding carboxylic acids is 1. The molecular formula is C25H25ClN4O3. The Morgan fingerprint density at radius 2 is 1.91 bits per heavy atom. The highest BCUT2D eigenvalue weighted by Crippen LogP contribution is 2.23. The fraction of sp³-hybridized carbons (Fsp3) is 0.240. The van der Waals surface area contributed by atoms with Gasteiger partial charge in [-0.05, 0) is 56.5 Å². The highest BCUT2D eigenvalue weighted by Gasteiger charge is 2.22. The second kappa shape index (κ2) is 9.50. The molecule has 0 saturated heterocycles. The maximum atomic E-state index is 13.0. The Morgan fingerprint density at radius 1 is 1.12 bits per heavy atom. The molecule has 0 aliphatic rings. The first-order valence-corrected chi connectivity index (χ1v) is 10.9. The molecule has 8 heteroatoms. The lowest BCUT2D eigenvalue weighted by molar-refractivity contribution is 0.101. The van der Waals surface area contributed by atoms with E-state index >= 15 is 0 Å². The van der Waals surface area contributed by atoms with E-state index in [0.29, 0.717) is 28.7 Å². The Bertz CT molecular complexity index is 1310. The van der Waals surface area contributed by atoms with Gasteiger partial charge in [0.2, 0.25) is 0 Å². The number of halogens is 1. The predicted octanol–water partition coefficient (Wildman–Crippen LogP) is 5.64. The van der Waals surface area contributed by atoms with Gasteiger partial charge in [-0.15, -0.1) is 0 Å². The van der Waals surface area contributed by atoms with Gasteiger partial charge in [0.25, 0.3) is 5.91 Å². The number of rotatable bonds is 7. The van der Waals surface area contributed by atoms with Gasteiger partial charge in [-0.25, -0.2) is 0 Å². The zero-order chi connectivity index (χ0) is 23.5. The summed E-state index contributed by atoms with van der Waals surface area (Å²) in [7, 11) is 0. The molecule has 2 aromatic heterocycles. The van der Waals surface area contributed by atoms with Crippen LogP contribution in [-0.4, -0.2) is 20.8 Å². The molecule has 4 aromatic rings. The predicted molar refractivity (Wildman–Crippen MR) is 127 cm³/mol. The summed E-state index contributed by atoms with van der Waals surface area (Å²) in [6.07, 6.45) is 0. The number of ether oxygens (including phenoxy) is 1. The van der Waals surface area contributed by atoms with Crippen LogP contribution in [0.15, 0.2) is 53.1 Å². The summed E-state index contributed by atoms with van der Waals surface area (Å²) in [6.45, 7) is 8.33.